The summed E-state index contributed by atoms with van der Waals surface area (Å²) < 4.78 is 0. The van der Waals surface area contributed by atoms with Gasteiger partial charge in [0.1, 0.15) is 0 Å². The molecule has 0 spiro atoms. The van der Waals surface area contributed by atoms with E-state index >= 15 is 0 Å². The molecule has 0 aromatic heterocycles. The Labute approximate surface area is 108 Å². The van der Waals surface area contributed by atoms with E-state index in [9.17, 15) is 9.90 Å². The molecule has 2 rings (SSSR count). The molecular formula is C13H10N2O4. The number of carboxylic acids is 1. The van der Waals surface area contributed by atoms with Gasteiger partial charge in [0.2, 0.25) is 0 Å². The number of phenols is 2. The largest absolute Gasteiger partial charge is 0.504 e. The van der Waals surface area contributed by atoms with Crippen LogP contribution in [0.15, 0.2) is 52.7 Å². The summed E-state index contributed by atoms with van der Waals surface area (Å²) in [5, 5.41) is 34.9. The third kappa shape index (κ3) is 3.06. The topological polar surface area (TPSA) is 102 Å². The second kappa shape index (κ2) is 5.18. The number of rotatable bonds is 3. The van der Waals surface area contributed by atoms with Crippen molar-refractivity contribution in [2.75, 3.05) is 0 Å². The smallest absolute Gasteiger partial charge is 0.335 e. The predicted octanol–water partition coefficient (Wildman–Crippen LogP) is 3.21. The molecule has 0 heterocycles. The van der Waals surface area contributed by atoms with Crippen molar-refractivity contribution < 1.29 is 20.1 Å². The number of phenolic OH excluding ortho intramolecular Hbond substituents is 2. The minimum Gasteiger partial charge on any atom is -0.504 e. The Morgan fingerprint density at radius 1 is 0.842 bits per heavy atom. The average Bonchev–Trinajstić information content (AvgIpc) is 2.40. The lowest BCUT2D eigenvalue weighted by atomic mass is 10.2. The fourth-order valence-corrected chi connectivity index (χ4v) is 1.36. The van der Waals surface area contributed by atoms with Gasteiger partial charge in [0.05, 0.1) is 16.9 Å². The highest BCUT2D eigenvalue weighted by atomic mass is 16.4. The van der Waals surface area contributed by atoms with E-state index in [1.165, 1.54) is 42.5 Å². The normalized spacial score (nSPS) is 10.7. The van der Waals surface area contributed by atoms with Gasteiger partial charge in [-0.2, -0.15) is 10.2 Å². The lowest BCUT2D eigenvalue weighted by Crippen LogP contribution is -1.93. The van der Waals surface area contributed by atoms with Crippen molar-refractivity contribution >= 4 is 17.3 Å². The fourth-order valence-electron chi connectivity index (χ4n) is 1.36. The Balaban J connectivity index is 2.17. The fraction of sp³-hybridized carbons (Fsp3) is 0. The van der Waals surface area contributed by atoms with Crippen LogP contribution in [0.3, 0.4) is 0 Å². The van der Waals surface area contributed by atoms with Crippen LogP contribution >= 0.6 is 0 Å². The maximum absolute atomic E-state index is 10.7. The molecular weight excluding hydrogens is 248 g/mol. The molecule has 6 nitrogen and oxygen atoms in total. The van der Waals surface area contributed by atoms with Crippen molar-refractivity contribution in [1.82, 2.24) is 0 Å². The summed E-state index contributed by atoms with van der Waals surface area (Å²) in [7, 11) is 0. The molecule has 6 heteroatoms. The number of nitrogens with zero attached hydrogens (tertiary/aromatic N) is 2. The summed E-state index contributed by atoms with van der Waals surface area (Å²) >= 11 is 0. The SMILES string of the molecule is O=C(O)c1ccc(N=Nc2ccc(O)c(O)c2)cc1. The molecule has 2 aromatic rings. The average molecular weight is 258 g/mol. The van der Waals surface area contributed by atoms with Gasteiger partial charge >= 0.3 is 5.97 Å². The number of benzene rings is 2. The standard InChI is InChI=1S/C13H10N2O4/c16-11-6-5-10(7-12(11)17)15-14-9-3-1-8(2-4-9)13(18)19/h1-7,16-17H,(H,18,19). The molecule has 0 aliphatic carbocycles. The molecule has 2 aromatic carbocycles. The molecule has 0 bridgehead atoms. The van der Waals surface area contributed by atoms with Gasteiger partial charge < -0.3 is 15.3 Å². The minimum absolute atomic E-state index is 0.168. The van der Waals surface area contributed by atoms with Crippen LogP contribution in [0, 0.1) is 0 Å². The Hall–Kier alpha value is -2.89. The maximum Gasteiger partial charge on any atom is 0.335 e. The van der Waals surface area contributed by atoms with E-state index in [2.05, 4.69) is 10.2 Å². The van der Waals surface area contributed by atoms with Gasteiger partial charge in [-0.3, -0.25) is 0 Å². The summed E-state index contributed by atoms with van der Waals surface area (Å²) in [6.45, 7) is 0. The molecule has 3 N–H and O–H groups in total. The first-order chi connectivity index (χ1) is 9.06. The second-order valence-corrected chi connectivity index (χ2v) is 3.73. The maximum atomic E-state index is 10.7. The monoisotopic (exact) mass is 258 g/mol. The molecule has 0 fully saturated rings. The van der Waals surface area contributed by atoms with Crippen molar-refractivity contribution in [3.05, 3.63) is 48.0 Å². The molecule has 96 valence electrons. The molecule has 0 unspecified atom stereocenters. The Bertz CT molecular complexity index is 636. The van der Waals surface area contributed by atoms with Gasteiger partial charge in [-0.25, -0.2) is 4.79 Å². The van der Waals surface area contributed by atoms with Crippen molar-refractivity contribution in [3.8, 4) is 11.5 Å². The van der Waals surface area contributed by atoms with E-state index in [0.29, 0.717) is 11.4 Å². The van der Waals surface area contributed by atoms with Crippen LogP contribution in [0.25, 0.3) is 0 Å². The molecule has 0 amide bonds. The van der Waals surface area contributed by atoms with Crippen LogP contribution in [0.4, 0.5) is 11.4 Å². The van der Waals surface area contributed by atoms with E-state index in [-0.39, 0.29) is 17.1 Å². The second-order valence-electron chi connectivity index (χ2n) is 3.73. The lowest BCUT2D eigenvalue weighted by Gasteiger charge is -1.98. The predicted molar refractivity (Wildman–Crippen MR) is 67.3 cm³/mol. The summed E-state index contributed by atoms with van der Waals surface area (Å²) in [5.74, 6) is -1.52. The zero-order valence-electron chi connectivity index (χ0n) is 9.69. The zero-order chi connectivity index (χ0) is 13.8. The lowest BCUT2D eigenvalue weighted by molar-refractivity contribution is 0.0697. The number of hydrogen-bond acceptors (Lipinski definition) is 5. The first-order valence-corrected chi connectivity index (χ1v) is 5.33. The number of aromatic hydroxyl groups is 2. The van der Waals surface area contributed by atoms with Gasteiger partial charge in [0.25, 0.3) is 0 Å². The molecule has 0 saturated heterocycles. The molecule has 0 aliphatic heterocycles. The number of carboxylic acid groups (broad SMARTS) is 1. The van der Waals surface area contributed by atoms with Gasteiger partial charge in [-0.05, 0) is 36.4 Å². The first kappa shape index (κ1) is 12.6. The van der Waals surface area contributed by atoms with E-state index in [1.54, 1.807) is 0 Å². The highest BCUT2D eigenvalue weighted by molar-refractivity contribution is 5.87. The van der Waals surface area contributed by atoms with E-state index in [0.717, 1.165) is 0 Å². The number of aromatic carboxylic acids is 1. The number of hydrogen-bond donors (Lipinski definition) is 3. The third-order valence-corrected chi connectivity index (χ3v) is 2.35. The van der Waals surface area contributed by atoms with Crippen molar-refractivity contribution in [2.24, 2.45) is 10.2 Å². The number of carbonyl (C=O) groups is 1. The minimum atomic E-state index is -1.01. The van der Waals surface area contributed by atoms with Gasteiger partial charge in [0, 0.05) is 6.07 Å². The number of azo groups is 1. The zero-order valence-corrected chi connectivity index (χ0v) is 9.69. The Kier molecular flexibility index (Phi) is 3.42. The van der Waals surface area contributed by atoms with Crippen molar-refractivity contribution in [2.45, 2.75) is 0 Å². The van der Waals surface area contributed by atoms with Crippen LogP contribution in [0.5, 0.6) is 11.5 Å². The van der Waals surface area contributed by atoms with Crippen LogP contribution in [-0.4, -0.2) is 21.3 Å². The van der Waals surface area contributed by atoms with Crippen LogP contribution < -0.4 is 0 Å². The Morgan fingerprint density at radius 2 is 1.42 bits per heavy atom. The quantitative estimate of drug-likeness (QED) is 0.581. The molecule has 19 heavy (non-hydrogen) atoms. The third-order valence-electron chi connectivity index (χ3n) is 2.35. The van der Waals surface area contributed by atoms with Crippen LogP contribution in [0.2, 0.25) is 0 Å². The van der Waals surface area contributed by atoms with Crippen molar-refractivity contribution in [1.29, 1.82) is 0 Å². The highest BCUT2D eigenvalue weighted by Gasteiger charge is 2.02. The molecule has 0 saturated carbocycles. The molecule has 0 atom stereocenters. The Morgan fingerprint density at radius 3 is 2.00 bits per heavy atom. The summed E-state index contributed by atoms with van der Waals surface area (Å²) in [6.07, 6.45) is 0. The summed E-state index contributed by atoms with van der Waals surface area (Å²) in [6, 6.07) is 9.95. The summed E-state index contributed by atoms with van der Waals surface area (Å²) in [5.41, 5.74) is 1.02. The molecule has 0 radical (unpaired) electrons. The van der Waals surface area contributed by atoms with Gasteiger partial charge in [-0.15, -0.1) is 0 Å². The van der Waals surface area contributed by atoms with Gasteiger partial charge in [-0.1, -0.05) is 0 Å². The van der Waals surface area contributed by atoms with E-state index in [1.807, 2.05) is 0 Å². The van der Waals surface area contributed by atoms with E-state index < -0.39 is 5.97 Å². The summed E-state index contributed by atoms with van der Waals surface area (Å²) in [4.78, 5) is 10.7. The highest BCUT2D eigenvalue weighted by Crippen LogP contribution is 2.29. The van der Waals surface area contributed by atoms with Crippen LogP contribution in [-0.2, 0) is 0 Å². The molecule has 0 aliphatic rings. The van der Waals surface area contributed by atoms with E-state index in [4.69, 9.17) is 10.2 Å². The van der Waals surface area contributed by atoms with Crippen molar-refractivity contribution in [3.63, 3.8) is 0 Å². The van der Waals surface area contributed by atoms with Gasteiger partial charge in [0.15, 0.2) is 11.5 Å². The first-order valence-electron chi connectivity index (χ1n) is 5.33. The van der Waals surface area contributed by atoms with Crippen LogP contribution in [0.1, 0.15) is 10.4 Å².